The van der Waals surface area contributed by atoms with Gasteiger partial charge in [-0.3, -0.25) is 4.79 Å². The van der Waals surface area contributed by atoms with Crippen LogP contribution in [0.5, 0.6) is 0 Å². The minimum absolute atomic E-state index is 0.138. The van der Waals surface area contributed by atoms with E-state index in [-0.39, 0.29) is 11.9 Å². The van der Waals surface area contributed by atoms with Crippen molar-refractivity contribution in [1.82, 2.24) is 10.3 Å². The number of aromatic nitrogens is 1. The molecule has 1 aromatic rings. The highest BCUT2D eigenvalue weighted by molar-refractivity contribution is 9.10. The van der Waals surface area contributed by atoms with Gasteiger partial charge in [0.2, 0.25) is 5.91 Å². The van der Waals surface area contributed by atoms with Gasteiger partial charge in [-0.25, -0.2) is 4.98 Å². The molecule has 1 aromatic heterocycles. The molecule has 2 rings (SSSR count). The maximum absolute atomic E-state index is 11.8. The lowest BCUT2D eigenvalue weighted by atomic mass is 10.2. The second-order valence-electron chi connectivity index (χ2n) is 3.57. The van der Waals surface area contributed by atoms with Crippen LogP contribution >= 0.6 is 27.5 Å². The van der Waals surface area contributed by atoms with E-state index in [0.717, 1.165) is 0 Å². The molecule has 0 aliphatic carbocycles. The van der Waals surface area contributed by atoms with Gasteiger partial charge in [-0.2, -0.15) is 0 Å². The van der Waals surface area contributed by atoms with Crippen LogP contribution in [0.1, 0.15) is 0 Å². The van der Waals surface area contributed by atoms with E-state index < -0.39 is 0 Å². The Bertz CT molecular complexity index is 424. The van der Waals surface area contributed by atoms with Crippen molar-refractivity contribution in [1.29, 1.82) is 0 Å². The summed E-state index contributed by atoms with van der Waals surface area (Å²) in [5, 5.41) is 6.18. The van der Waals surface area contributed by atoms with E-state index in [9.17, 15) is 4.79 Å². The van der Waals surface area contributed by atoms with Gasteiger partial charge in [0.15, 0.2) is 0 Å². The molecule has 17 heavy (non-hydrogen) atoms. The molecule has 2 N–H and O–H groups in total. The van der Waals surface area contributed by atoms with Crippen molar-refractivity contribution in [3.63, 3.8) is 0 Å². The number of halogens is 2. The predicted octanol–water partition coefficient (Wildman–Crippen LogP) is 1.42. The van der Waals surface area contributed by atoms with Crippen LogP contribution in [0.15, 0.2) is 16.7 Å². The first-order valence-electron chi connectivity index (χ1n) is 5.10. The molecule has 92 valence electrons. The van der Waals surface area contributed by atoms with Gasteiger partial charge in [-0.1, -0.05) is 11.6 Å². The molecule has 1 unspecified atom stereocenters. The zero-order chi connectivity index (χ0) is 12.3. The third-order valence-corrected chi connectivity index (χ3v) is 3.44. The van der Waals surface area contributed by atoms with Crippen LogP contribution < -0.4 is 10.6 Å². The first kappa shape index (κ1) is 12.8. The Hall–Kier alpha value is -0.690. The molecule has 5 nitrogen and oxygen atoms in total. The number of carbonyl (C=O) groups is 1. The number of hydrogen-bond donors (Lipinski definition) is 2. The molecule has 1 atom stereocenters. The minimum atomic E-state index is -0.321. The zero-order valence-corrected chi connectivity index (χ0v) is 11.2. The third-order valence-electron chi connectivity index (χ3n) is 2.30. The van der Waals surface area contributed by atoms with E-state index in [0.29, 0.717) is 35.1 Å². The first-order valence-corrected chi connectivity index (χ1v) is 6.27. The van der Waals surface area contributed by atoms with E-state index >= 15 is 0 Å². The number of nitrogens with one attached hydrogen (secondary N) is 2. The lowest BCUT2D eigenvalue weighted by molar-refractivity contribution is -0.120. The molecule has 1 saturated heterocycles. The highest BCUT2D eigenvalue weighted by Crippen LogP contribution is 2.22. The quantitative estimate of drug-likeness (QED) is 0.809. The van der Waals surface area contributed by atoms with E-state index in [4.69, 9.17) is 16.3 Å². The Morgan fingerprint density at radius 3 is 3.18 bits per heavy atom. The van der Waals surface area contributed by atoms with Crippen molar-refractivity contribution < 1.29 is 9.53 Å². The SMILES string of the molecule is O=C(Nc1cnc(Cl)c(Br)c1)C1COCCN1. The molecule has 0 bridgehead atoms. The van der Waals surface area contributed by atoms with Crippen LogP contribution in [0, 0.1) is 0 Å². The van der Waals surface area contributed by atoms with Gasteiger partial charge in [0.1, 0.15) is 11.2 Å². The molecule has 1 aliphatic rings. The van der Waals surface area contributed by atoms with Crippen molar-refractivity contribution in [3.05, 3.63) is 21.9 Å². The second-order valence-corrected chi connectivity index (χ2v) is 4.78. The molecular weight excluding hydrogens is 309 g/mol. The van der Waals surface area contributed by atoms with Crippen molar-refractivity contribution in [3.8, 4) is 0 Å². The number of rotatable bonds is 2. The fourth-order valence-corrected chi connectivity index (χ4v) is 1.91. The summed E-state index contributed by atoms with van der Waals surface area (Å²) in [6, 6.07) is 1.38. The average molecular weight is 321 g/mol. The molecule has 0 spiro atoms. The molecule has 1 fully saturated rings. The second kappa shape index (κ2) is 5.77. The fourth-order valence-electron chi connectivity index (χ4n) is 1.45. The van der Waals surface area contributed by atoms with Gasteiger partial charge in [0, 0.05) is 6.54 Å². The maximum Gasteiger partial charge on any atom is 0.243 e. The summed E-state index contributed by atoms with van der Waals surface area (Å²) in [6.45, 7) is 1.70. The van der Waals surface area contributed by atoms with Gasteiger partial charge in [-0.15, -0.1) is 0 Å². The number of morpholine rings is 1. The van der Waals surface area contributed by atoms with E-state index in [2.05, 4.69) is 31.5 Å². The zero-order valence-electron chi connectivity index (χ0n) is 8.87. The first-order chi connectivity index (χ1) is 8.16. The number of ether oxygens (including phenoxy) is 1. The number of pyridine rings is 1. The van der Waals surface area contributed by atoms with Gasteiger partial charge in [0.25, 0.3) is 0 Å². The summed E-state index contributed by atoms with van der Waals surface area (Å²) in [5.41, 5.74) is 0.596. The van der Waals surface area contributed by atoms with Crippen LogP contribution in [0.25, 0.3) is 0 Å². The number of nitrogens with zero attached hydrogens (tertiary/aromatic N) is 1. The van der Waals surface area contributed by atoms with Crippen molar-refractivity contribution >= 4 is 39.1 Å². The standard InChI is InChI=1S/C10H11BrClN3O2/c11-7-3-6(4-14-9(7)12)15-10(16)8-5-17-2-1-13-8/h3-4,8,13H,1-2,5H2,(H,15,16). The molecule has 1 amide bonds. The molecular formula is C10H11BrClN3O2. The van der Waals surface area contributed by atoms with Gasteiger partial charge in [-0.05, 0) is 22.0 Å². The Morgan fingerprint density at radius 1 is 1.71 bits per heavy atom. The Morgan fingerprint density at radius 2 is 2.53 bits per heavy atom. The summed E-state index contributed by atoms with van der Waals surface area (Å²) >= 11 is 9.01. The summed E-state index contributed by atoms with van der Waals surface area (Å²) < 4.78 is 5.86. The number of hydrogen-bond acceptors (Lipinski definition) is 4. The highest BCUT2D eigenvalue weighted by Gasteiger charge is 2.21. The highest BCUT2D eigenvalue weighted by atomic mass is 79.9. The van der Waals surface area contributed by atoms with Gasteiger partial charge >= 0.3 is 0 Å². The van der Waals surface area contributed by atoms with E-state index in [1.165, 1.54) is 6.20 Å². The lowest BCUT2D eigenvalue weighted by Crippen LogP contribution is -2.48. The third kappa shape index (κ3) is 3.38. The van der Waals surface area contributed by atoms with Crippen molar-refractivity contribution in [2.75, 3.05) is 25.1 Å². The molecule has 0 radical (unpaired) electrons. The summed E-state index contributed by atoms with van der Waals surface area (Å²) in [7, 11) is 0. The normalized spacial score (nSPS) is 20.0. The monoisotopic (exact) mass is 319 g/mol. The minimum Gasteiger partial charge on any atom is -0.378 e. The molecule has 1 aliphatic heterocycles. The summed E-state index contributed by atoms with van der Waals surface area (Å²) in [4.78, 5) is 15.8. The van der Waals surface area contributed by atoms with E-state index in [1.807, 2.05) is 0 Å². The lowest BCUT2D eigenvalue weighted by Gasteiger charge is -2.22. The number of carbonyl (C=O) groups excluding carboxylic acids is 1. The molecule has 0 aromatic carbocycles. The average Bonchev–Trinajstić information content (AvgIpc) is 2.35. The molecule has 0 saturated carbocycles. The molecule has 2 heterocycles. The Balaban J connectivity index is 1.99. The van der Waals surface area contributed by atoms with Gasteiger partial charge < -0.3 is 15.4 Å². The molecule has 7 heteroatoms. The maximum atomic E-state index is 11.8. The number of anilines is 1. The van der Waals surface area contributed by atoms with Crippen molar-refractivity contribution in [2.45, 2.75) is 6.04 Å². The van der Waals surface area contributed by atoms with Crippen LogP contribution in [0.4, 0.5) is 5.69 Å². The van der Waals surface area contributed by atoms with Crippen LogP contribution in [-0.2, 0) is 9.53 Å². The number of amides is 1. The van der Waals surface area contributed by atoms with Crippen LogP contribution in [-0.4, -0.2) is 36.7 Å². The Kier molecular flexibility index (Phi) is 4.33. The summed E-state index contributed by atoms with van der Waals surface area (Å²) in [5.74, 6) is -0.138. The predicted molar refractivity (Wildman–Crippen MR) is 68.2 cm³/mol. The van der Waals surface area contributed by atoms with E-state index in [1.54, 1.807) is 6.07 Å². The fraction of sp³-hybridized carbons (Fsp3) is 0.400. The van der Waals surface area contributed by atoms with Crippen molar-refractivity contribution in [2.24, 2.45) is 0 Å². The van der Waals surface area contributed by atoms with Crippen LogP contribution in [0.3, 0.4) is 0 Å². The Labute approximate surface area is 112 Å². The topological polar surface area (TPSA) is 63.2 Å². The van der Waals surface area contributed by atoms with Crippen LogP contribution in [0.2, 0.25) is 5.15 Å². The smallest absolute Gasteiger partial charge is 0.243 e. The summed E-state index contributed by atoms with van der Waals surface area (Å²) in [6.07, 6.45) is 1.51. The largest absolute Gasteiger partial charge is 0.378 e. The van der Waals surface area contributed by atoms with Gasteiger partial charge in [0.05, 0.1) is 29.6 Å².